The van der Waals surface area contributed by atoms with Crippen molar-refractivity contribution in [3.63, 3.8) is 0 Å². The van der Waals surface area contributed by atoms with E-state index in [1.165, 1.54) is 12.1 Å². The molecule has 0 radical (unpaired) electrons. The minimum atomic E-state index is -2.33. The topological polar surface area (TPSA) is 220 Å². The summed E-state index contributed by atoms with van der Waals surface area (Å²) in [6.45, 7) is 28.9. The first kappa shape index (κ1) is 69.0. The number of likely N-dealkylation sites (N-methyl/N-ethyl adjacent to an activating group) is 2. The number of rotatable bonds is 18. The number of piperazine rings is 2. The number of amides is 7. The van der Waals surface area contributed by atoms with E-state index < -0.39 is 65.4 Å². The molecule has 7 amide bonds. The summed E-state index contributed by atoms with van der Waals surface area (Å²) in [6, 6.07) is 4.55. The average Bonchev–Trinajstić information content (AvgIpc) is 1.67. The Morgan fingerprint density at radius 1 is 0.671 bits per heavy atom. The van der Waals surface area contributed by atoms with Gasteiger partial charge in [0.15, 0.2) is 18.2 Å². The summed E-state index contributed by atoms with van der Waals surface area (Å²) in [4.78, 5) is 109. The number of likely N-dealkylation sites (tertiary alicyclic amines) is 2. The first-order valence-electron chi connectivity index (χ1n) is 30.0. The van der Waals surface area contributed by atoms with Crippen molar-refractivity contribution >= 4 is 41.4 Å². The smallest absolute Gasteiger partial charge is 0.316 e. The summed E-state index contributed by atoms with van der Waals surface area (Å²) in [6.07, 6.45) is 2.43. The second-order valence-electron chi connectivity index (χ2n) is 25.0. The minimum Gasteiger partial charge on any atom is -0.483 e. The van der Waals surface area contributed by atoms with Crippen molar-refractivity contribution in [2.75, 3.05) is 79.5 Å². The second kappa shape index (κ2) is 31.1. The van der Waals surface area contributed by atoms with Crippen LogP contribution in [0, 0.1) is 23.5 Å². The van der Waals surface area contributed by atoms with Crippen LogP contribution in [-0.4, -0.2) is 191 Å². The predicted octanol–water partition coefficient (Wildman–Crippen LogP) is 7.69. The molecule has 4 aliphatic heterocycles. The molecule has 3 N–H and O–H groups in total. The highest BCUT2D eigenvalue weighted by Crippen LogP contribution is 2.29. The van der Waals surface area contributed by atoms with Crippen molar-refractivity contribution in [2.45, 2.75) is 170 Å². The highest BCUT2D eigenvalue weighted by atomic mass is 19.2. The van der Waals surface area contributed by atoms with Crippen molar-refractivity contribution in [3.8, 4) is 11.5 Å². The van der Waals surface area contributed by atoms with Gasteiger partial charge in [-0.3, -0.25) is 33.6 Å². The first-order chi connectivity index (χ1) is 40.0. The van der Waals surface area contributed by atoms with Gasteiger partial charge in [-0.1, -0.05) is 74.4 Å². The van der Waals surface area contributed by atoms with Gasteiger partial charge >= 0.3 is 6.36 Å². The molecular weight excluding hydrogens is 1100 g/mol. The molecule has 7 rings (SSSR count). The van der Waals surface area contributed by atoms with E-state index >= 15 is 0 Å². The molecule has 478 valence electrons. The zero-order chi connectivity index (χ0) is 63.1. The van der Waals surface area contributed by atoms with Crippen molar-refractivity contribution in [2.24, 2.45) is 11.8 Å². The van der Waals surface area contributed by atoms with E-state index in [2.05, 4.69) is 30.7 Å². The molecular formula is C62H99F3N10O10. The lowest BCUT2D eigenvalue weighted by Crippen LogP contribution is -2.56. The Balaban J connectivity index is 0.000000566. The van der Waals surface area contributed by atoms with Gasteiger partial charge < -0.3 is 59.2 Å². The molecule has 0 spiro atoms. The van der Waals surface area contributed by atoms with E-state index in [-0.39, 0.29) is 80.3 Å². The van der Waals surface area contributed by atoms with Crippen LogP contribution in [0.1, 0.15) is 158 Å². The van der Waals surface area contributed by atoms with Crippen molar-refractivity contribution < 1.29 is 64.9 Å². The van der Waals surface area contributed by atoms with Crippen LogP contribution in [0.25, 0.3) is 0 Å². The number of nitrogens with zero attached hydrogens (tertiary/aromatic N) is 7. The number of para-hydroxylation sites is 1. The molecule has 0 bridgehead atoms. The fraction of sp³-hybridized carbons (Fsp3) is 0.645. The van der Waals surface area contributed by atoms with Gasteiger partial charge in [0.05, 0.1) is 17.3 Å². The third kappa shape index (κ3) is 19.6. The molecule has 2 aromatic carbocycles. The van der Waals surface area contributed by atoms with Crippen molar-refractivity contribution in [1.29, 1.82) is 0 Å². The number of carbonyl (C=O) groups is 7. The normalized spacial score (nSPS) is 18.8. The third-order valence-corrected chi connectivity index (χ3v) is 14.9. The van der Waals surface area contributed by atoms with Gasteiger partial charge in [-0.25, -0.2) is 13.8 Å². The highest BCUT2D eigenvalue weighted by Gasteiger charge is 2.42. The number of carbonyl (C=O) groups excluding carboxylic acids is 7. The standard InChI is InChI=1S/C31H43F2N5O5.C29H44FN5O5.C2H6.3H2/c1-19(2)14-23(29(40)38-9-7-8-24(38)30(41)37-12-10-36(6)11-13-37)35-28(39)20-15-21(32)22(33)16-25(20)42-18-27-34-17-26(43-27)31(3,4)5;1-19(2)18-21(27(38)35-13-9-11-22(35)28(39)34-16-14-33(6)15-17-34)31-25(36)20-10-7-8-12-23(20)40-24(30)26(37)32-29(3,4)5;1-2;;;/h15-17,19,23-24H,7-14,18H2,1-6H3,(H,35,39);7-8,10,12,19,21-22,24H,9,11,13-18H2,1-6H3,(H,31,36)(H,32,37);1-2H3;3*1H/t23-,24-;21-,22-,24-;;;;/m11..../s1. The van der Waals surface area contributed by atoms with Gasteiger partial charge in [0.25, 0.3) is 17.7 Å². The average molecular weight is 1200 g/mol. The molecule has 1 aromatic heterocycles. The number of hydrogen-bond donors (Lipinski definition) is 3. The molecule has 23 heteroatoms. The molecule has 4 fully saturated rings. The van der Waals surface area contributed by atoms with E-state index in [1.807, 2.05) is 81.3 Å². The zero-order valence-corrected chi connectivity index (χ0v) is 52.5. The Hall–Kier alpha value is -6.75. The Morgan fingerprint density at radius 2 is 1.13 bits per heavy atom. The van der Waals surface area contributed by atoms with Gasteiger partial charge in [0, 0.05) is 86.7 Å². The van der Waals surface area contributed by atoms with Crippen LogP contribution in [-0.2, 0) is 36.0 Å². The van der Waals surface area contributed by atoms with Gasteiger partial charge in [-0.15, -0.1) is 0 Å². The Bertz CT molecular complexity index is 2770. The molecule has 20 nitrogen and oxygen atoms in total. The SMILES string of the molecule is CC.CC(C)C[C@@H](NC(=O)c1cc(F)c(F)cc1OCc1ncc(C(C)(C)C)o1)C(=O)N1CCC[C@@H]1C(=O)N1CCN(C)CC1.CC(C)C[C@@H](NC(=O)c1ccccc1O[C@@H](F)C(=O)NC(C)(C)C)C(=O)N1CCC[C@@H]1C(=O)N1CCN(C)CC1.[HH].[HH].[HH]. The predicted molar refractivity (Wildman–Crippen MR) is 322 cm³/mol. The Kier molecular flexibility index (Phi) is 25.2. The lowest BCUT2D eigenvalue weighted by molar-refractivity contribution is -0.145. The largest absolute Gasteiger partial charge is 0.483 e. The first-order valence-corrected chi connectivity index (χ1v) is 30.0. The number of halogens is 3. The van der Waals surface area contributed by atoms with Gasteiger partial charge in [-0.2, -0.15) is 4.39 Å². The van der Waals surface area contributed by atoms with Crippen LogP contribution in [0.15, 0.2) is 47.0 Å². The van der Waals surface area contributed by atoms with Crippen LogP contribution in [0.4, 0.5) is 13.2 Å². The molecule has 0 unspecified atom stereocenters. The van der Waals surface area contributed by atoms with Crippen LogP contribution in [0.5, 0.6) is 11.5 Å². The van der Waals surface area contributed by atoms with E-state index in [1.54, 1.807) is 53.8 Å². The van der Waals surface area contributed by atoms with Gasteiger partial charge in [-0.05, 0) is 103 Å². The summed E-state index contributed by atoms with van der Waals surface area (Å²) >= 11 is 0. The van der Waals surface area contributed by atoms with E-state index in [0.29, 0.717) is 83.6 Å². The van der Waals surface area contributed by atoms with Crippen LogP contribution < -0.4 is 25.4 Å². The van der Waals surface area contributed by atoms with Crippen molar-refractivity contribution in [1.82, 2.24) is 50.3 Å². The number of ether oxygens (including phenoxy) is 2. The molecule has 5 atom stereocenters. The molecule has 85 heavy (non-hydrogen) atoms. The number of oxazole rings is 1. The van der Waals surface area contributed by atoms with Crippen LogP contribution >= 0.6 is 0 Å². The molecule has 4 saturated heterocycles. The summed E-state index contributed by atoms with van der Waals surface area (Å²) in [5.41, 5.74) is -1.22. The lowest BCUT2D eigenvalue weighted by atomic mass is 9.94. The minimum absolute atomic E-state index is 0. The molecule has 0 saturated carbocycles. The molecule has 5 heterocycles. The lowest BCUT2D eigenvalue weighted by Gasteiger charge is -2.36. The highest BCUT2D eigenvalue weighted by molar-refractivity contribution is 6.01. The summed E-state index contributed by atoms with van der Waals surface area (Å²) in [7, 11) is 4.02. The van der Waals surface area contributed by atoms with Gasteiger partial charge in [0.1, 0.15) is 41.4 Å². The van der Waals surface area contributed by atoms with Crippen LogP contribution in [0.3, 0.4) is 0 Å². The fourth-order valence-corrected chi connectivity index (χ4v) is 10.3. The van der Waals surface area contributed by atoms with E-state index in [0.717, 1.165) is 38.3 Å². The van der Waals surface area contributed by atoms with Gasteiger partial charge in [0.2, 0.25) is 29.5 Å². The number of aromatic nitrogens is 1. The summed E-state index contributed by atoms with van der Waals surface area (Å²) in [5, 5.41) is 8.03. The third-order valence-electron chi connectivity index (χ3n) is 14.9. The monoisotopic (exact) mass is 1200 g/mol. The second-order valence-corrected chi connectivity index (χ2v) is 25.0. The Morgan fingerprint density at radius 3 is 1.58 bits per heavy atom. The van der Waals surface area contributed by atoms with E-state index in [4.69, 9.17) is 13.9 Å². The number of hydrogen-bond acceptors (Lipinski definition) is 13. The number of alkyl halides is 1. The summed E-state index contributed by atoms with van der Waals surface area (Å²) in [5.74, 6) is -5.00. The zero-order valence-electron chi connectivity index (χ0n) is 52.5. The van der Waals surface area contributed by atoms with E-state index in [9.17, 15) is 46.7 Å². The number of nitrogens with one attached hydrogen (secondary N) is 3. The maximum absolute atomic E-state index is 14.7. The molecule has 4 aliphatic rings. The van der Waals surface area contributed by atoms with Crippen LogP contribution in [0.2, 0.25) is 0 Å². The maximum Gasteiger partial charge on any atom is 0.316 e. The summed E-state index contributed by atoms with van der Waals surface area (Å²) < 4.78 is 59.9. The number of benzene rings is 2. The molecule has 0 aliphatic carbocycles. The molecule has 3 aromatic rings. The maximum atomic E-state index is 14.7. The quantitative estimate of drug-likeness (QED) is 0.111. The Labute approximate surface area is 504 Å². The van der Waals surface area contributed by atoms with Crippen molar-refractivity contribution in [3.05, 3.63) is 77.0 Å². The fourth-order valence-electron chi connectivity index (χ4n) is 10.3.